The molecule has 1 rings (SSSR count). The van der Waals surface area contributed by atoms with E-state index in [0.29, 0.717) is 0 Å². The molecule has 0 aliphatic rings. The van der Waals surface area contributed by atoms with Crippen molar-refractivity contribution < 1.29 is 17.9 Å². The highest BCUT2D eigenvalue weighted by Crippen LogP contribution is 2.25. The van der Waals surface area contributed by atoms with E-state index in [4.69, 9.17) is 4.74 Å². The maximum absolute atomic E-state index is 11.9. The van der Waals surface area contributed by atoms with E-state index in [2.05, 4.69) is 10.0 Å². The van der Waals surface area contributed by atoms with Gasteiger partial charge in [-0.05, 0) is 38.1 Å². The number of thioether (sulfide) groups is 1. The minimum Gasteiger partial charge on any atom is -0.497 e. The molecule has 0 saturated carbocycles. The Morgan fingerprint density at radius 2 is 1.91 bits per heavy atom. The van der Waals surface area contributed by atoms with E-state index in [1.807, 2.05) is 24.3 Å². The van der Waals surface area contributed by atoms with E-state index in [0.717, 1.165) is 10.6 Å². The summed E-state index contributed by atoms with van der Waals surface area (Å²) in [5, 5.41) is 2.44. The lowest BCUT2D eigenvalue weighted by Gasteiger charge is -2.12. The summed E-state index contributed by atoms with van der Waals surface area (Å²) in [6, 6.07) is 7.46. The van der Waals surface area contributed by atoms with Crippen LogP contribution in [0.3, 0.4) is 0 Å². The fraction of sp³-hybridized carbons (Fsp3) is 0.500. The third kappa shape index (κ3) is 6.67. The standard InChI is InChI=1S/C14H22N2O4S2/c1-4-22(18,19)16-10-9-15-14(17)11(2)21-13-7-5-12(20-3)6-8-13/h5-8,11,16H,4,9-10H2,1-3H3,(H,15,17)/t11-/m0/s1. The van der Waals surface area contributed by atoms with Crippen LogP contribution in [0.15, 0.2) is 29.2 Å². The number of ether oxygens (including phenoxy) is 1. The fourth-order valence-electron chi connectivity index (χ4n) is 1.55. The summed E-state index contributed by atoms with van der Waals surface area (Å²) >= 11 is 1.43. The van der Waals surface area contributed by atoms with Crippen LogP contribution in [0.5, 0.6) is 5.75 Å². The van der Waals surface area contributed by atoms with E-state index >= 15 is 0 Å². The Labute approximate surface area is 136 Å². The van der Waals surface area contributed by atoms with Crippen LogP contribution in [0.1, 0.15) is 13.8 Å². The summed E-state index contributed by atoms with van der Waals surface area (Å²) in [5.74, 6) is 0.672. The second-order valence-corrected chi connectivity index (χ2v) is 8.03. The molecule has 2 N–H and O–H groups in total. The molecular weight excluding hydrogens is 324 g/mol. The van der Waals surface area contributed by atoms with Crippen LogP contribution in [-0.4, -0.2) is 45.5 Å². The second kappa shape index (κ2) is 9.02. The molecule has 8 heteroatoms. The van der Waals surface area contributed by atoms with Crippen molar-refractivity contribution in [3.63, 3.8) is 0 Å². The van der Waals surface area contributed by atoms with Crippen molar-refractivity contribution in [1.82, 2.24) is 10.0 Å². The fourth-order valence-corrected chi connectivity index (χ4v) is 3.06. The van der Waals surface area contributed by atoms with Gasteiger partial charge in [-0.2, -0.15) is 0 Å². The van der Waals surface area contributed by atoms with Gasteiger partial charge in [0.15, 0.2) is 0 Å². The molecule has 0 radical (unpaired) electrons. The highest BCUT2D eigenvalue weighted by molar-refractivity contribution is 8.00. The third-order valence-electron chi connectivity index (χ3n) is 2.87. The molecular formula is C14H22N2O4S2. The summed E-state index contributed by atoms with van der Waals surface area (Å²) in [6.45, 7) is 3.84. The number of carbonyl (C=O) groups excluding carboxylic acids is 1. The SMILES string of the molecule is CCS(=O)(=O)NCCNC(=O)[C@H](C)Sc1ccc(OC)cc1. The number of benzene rings is 1. The number of rotatable bonds is 9. The Kier molecular flexibility index (Phi) is 7.70. The number of nitrogens with one attached hydrogen (secondary N) is 2. The molecule has 0 aliphatic heterocycles. The lowest BCUT2D eigenvalue weighted by atomic mass is 10.3. The summed E-state index contributed by atoms with van der Waals surface area (Å²) in [4.78, 5) is 12.9. The molecule has 0 fully saturated rings. The molecule has 0 heterocycles. The highest BCUT2D eigenvalue weighted by atomic mass is 32.2. The third-order valence-corrected chi connectivity index (χ3v) is 5.38. The zero-order valence-corrected chi connectivity index (χ0v) is 14.6. The van der Waals surface area contributed by atoms with E-state index in [9.17, 15) is 13.2 Å². The molecule has 0 bridgehead atoms. The van der Waals surface area contributed by atoms with Gasteiger partial charge < -0.3 is 10.1 Å². The molecule has 1 amide bonds. The quantitative estimate of drug-likeness (QED) is 0.519. The molecule has 0 aromatic heterocycles. The van der Waals surface area contributed by atoms with Crippen molar-refractivity contribution >= 4 is 27.7 Å². The first kappa shape index (κ1) is 18.8. The Bertz CT molecular complexity index is 573. The van der Waals surface area contributed by atoms with Gasteiger partial charge in [-0.3, -0.25) is 4.79 Å². The monoisotopic (exact) mass is 346 g/mol. The first-order valence-electron chi connectivity index (χ1n) is 6.93. The zero-order valence-electron chi connectivity index (χ0n) is 13.0. The predicted octanol–water partition coefficient (Wildman–Crippen LogP) is 1.23. The maximum Gasteiger partial charge on any atom is 0.233 e. The van der Waals surface area contributed by atoms with Crippen LogP contribution >= 0.6 is 11.8 Å². The number of hydrogen-bond acceptors (Lipinski definition) is 5. The lowest BCUT2D eigenvalue weighted by Crippen LogP contribution is -2.38. The van der Waals surface area contributed by atoms with Crippen molar-refractivity contribution in [3.8, 4) is 5.75 Å². The molecule has 6 nitrogen and oxygen atoms in total. The van der Waals surface area contributed by atoms with Crippen LogP contribution < -0.4 is 14.8 Å². The largest absolute Gasteiger partial charge is 0.497 e. The van der Waals surface area contributed by atoms with Gasteiger partial charge in [0.05, 0.1) is 18.1 Å². The van der Waals surface area contributed by atoms with Crippen molar-refractivity contribution in [2.75, 3.05) is 26.0 Å². The van der Waals surface area contributed by atoms with Gasteiger partial charge in [0.1, 0.15) is 5.75 Å². The molecule has 0 spiro atoms. The van der Waals surface area contributed by atoms with Crippen LogP contribution in [0.4, 0.5) is 0 Å². The maximum atomic E-state index is 11.9. The Balaban J connectivity index is 2.35. The first-order chi connectivity index (χ1) is 10.4. The summed E-state index contributed by atoms with van der Waals surface area (Å²) in [7, 11) is -1.61. The van der Waals surface area contributed by atoms with Crippen molar-refractivity contribution in [3.05, 3.63) is 24.3 Å². The van der Waals surface area contributed by atoms with Crippen molar-refractivity contribution in [2.24, 2.45) is 0 Å². The van der Waals surface area contributed by atoms with Gasteiger partial charge in [0.2, 0.25) is 15.9 Å². The normalized spacial score (nSPS) is 12.7. The number of sulfonamides is 1. The first-order valence-corrected chi connectivity index (χ1v) is 9.47. The molecule has 0 saturated heterocycles. The zero-order chi connectivity index (χ0) is 16.6. The average Bonchev–Trinajstić information content (AvgIpc) is 2.52. The van der Waals surface area contributed by atoms with Gasteiger partial charge in [-0.1, -0.05) is 0 Å². The lowest BCUT2D eigenvalue weighted by molar-refractivity contribution is -0.120. The molecule has 0 unspecified atom stereocenters. The summed E-state index contributed by atoms with van der Waals surface area (Å²) < 4.78 is 29.9. The van der Waals surface area contributed by atoms with Crippen LogP contribution in [0.2, 0.25) is 0 Å². The van der Waals surface area contributed by atoms with E-state index in [1.54, 1.807) is 21.0 Å². The van der Waals surface area contributed by atoms with E-state index < -0.39 is 10.0 Å². The van der Waals surface area contributed by atoms with Crippen molar-refractivity contribution in [2.45, 2.75) is 24.0 Å². The van der Waals surface area contributed by atoms with Crippen LogP contribution in [0, 0.1) is 0 Å². The topological polar surface area (TPSA) is 84.5 Å². The number of methoxy groups -OCH3 is 1. The smallest absolute Gasteiger partial charge is 0.233 e. The summed E-state index contributed by atoms with van der Waals surface area (Å²) in [5.41, 5.74) is 0. The van der Waals surface area contributed by atoms with E-state index in [-0.39, 0.29) is 30.0 Å². The molecule has 1 aromatic carbocycles. The molecule has 22 heavy (non-hydrogen) atoms. The number of amides is 1. The van der Waals surface area contributed by atoms with E-state index in [1.165, 1.54) is 11.8 Å². The Morgan fingerprint density at radius 3 is 2.45 bits per heavy atom. The molecule has 1 aromatic rings. The van der Waals surface area contributed by atoms with Gasteiger partial charge in [-0.15, -0.1) is 11.8 Å². The van der Waals surface area contributed by atoms with Gasteiger partial charge in [-0.25, -0.2) is 13.1 Å². The van der Waals surface area contributed by atoms with Gasteiger partial charge >= 0.3 is 0 Å². The Morgan fingerprint density at radius 1 is 1.27 bits per heavy atom. The highest BCUT2D eigenvalue weighted by Gasteiger charge is 2.14. The average molecular weight is 346 g/mol. The molecule has 0 aliphatic carbocycles. The minimum absolute atomic E-state index is 0.0324. The number of carbonyl (C=O) groups is 1. The van der Waals surface area contributed by atoms with Crippen molar-refractivity contribution in [1.29, 1.82) is 0 Å². The van der Waals surface area contributed by atoms with Gasteiger partial charge in [0, 0.05) is 18.0 Å². The Hall–Kier alpha value is -1.25. The number of hydrogen-bond donors (Lipinski definition) is 2. The molecule has 124 valence electrons. The molecule has 1 atom stereocenters. The summed E-state index contributed by atoms with van der Waals surface area (Å²) in [6.07, 6.45) is 0. The predicted molar refractivity (Wildman–Crippen MR) is 88.8 cm³/mol. The minimum atomic E-state index is -3.21. The second-order valence-electron chi connectivity index (χ2n) is 4.52. The van der Waals surface area contributed by atoms with Crippen LogP contribution in [0.25, 0.3) is 0 Å². The van der Waals surface area contributed by atoms with Gasteiger partial charge in [0.25, 0.3) is 0 Å². The van der Waals surface area contributed by atoms with Crippen LogP contribution in [-0.2, 0) is 14.8 Å².